The van der Waals surface area contributed by atoms with Crippen molar-refractivity contribution in [2.45, 2.75) is 18.9 Å². The quantitative estimate of drug-likeness (QED) is 0.934. The van der Waals surface area contributed by atoms with Crippen LogP contribution >= 0.6 is 11.3 Å². The van der Waals surface area contributed by atoms with Crippen molar-refractivity contribution in [3.8, 4) is 6.07 Å². The van der Waals surface area contributed by atoms with E-state index in [0.29, 0.717) is 24.2 Å². The van der Waals surface area contributed by atoms with Gasteiger partial charge in [0.25, 0.3) is 11.8 Å². The van der Waals surface area contributed by atoms with E-state index >= 15 is 0 Å². The zero-order valence-corrected chi connectivity index (χ0v) is 13.9. The summed E-state index contributed by atoms with van der Waals surface area (Å²) in [5, 5.41) is 13.8. The Bertz CT molecular complexity index is 772. The Hall–Kier alpha value is -2.65. The van der Waals surface area contributed by atoms with E-state index in [1.807, 2.05) is 28.5 Å². The molecule has 1 saturated heterocycles. The summed E-state index contributed by atoms with van der Waals surface area (Å²) in [7, 11) is 0. The van der Waals surface area contributed by atoms with Gasteiger partial charge in [-0.05, 0) is 42.5 Å². The second kappa shape index (κ2) is 7.28. The molecule has 0 spiro atoms. The van der Waals surface area contributed by atoms with Crippen LogP contribution in [0.5, 0.6) is 0 Å². The summed E-state index contributed by atoms with van der Waals surface area (Å²) in [5.74, 6) is -0.105. The fourth-order valence-electron chi connectivity index (χ4n) is 2.78. The minimum absolute atomic E-state index is 0.0515. The second-order valence-electron chi connectivity index (χ2n) is 5.71. The average molecular weight is 339 g/mol. The third-order valence-electron chi connectivity index (χ3n) is 4.10. The molecule has 122 valence electrons. The minimum atomic E-state index is -0.171. The lowest BCUT2D eigenvalue weighted by molar-refractivity contribution is 0.0703. The molecule has 1 fully saturated rings. The van der Waals surface area contributed by atoms with Crippen LogP contribution in [0.25, 0.3) is 0 Å². The summed E-state index contributed by atoms with van der Waals surface area (Å²) in [4.78, 5) is 27.2. The summed E-state index contributed by atoms with van der Waals surface area (Å²) >= 11 is 1.45. The summed E-state index contributed by atoms with van der Waals surface area (Å²) < 4.78 is 0. The number of carbonyl (C=O) groups excluding carboxylic acids is 2. The van der Waals surface area contributed by atoms with Crippen LogP contribution < -0.4 is 5.32 Å². The molecule has 2 amide bonds. The van der Waals surface area contributed by atoms with E-state index in [2.05, 4.69) is 5.32 Å². The van der Waals surface area contributed by atoms with Gasteiger partial charge in [-0.25, -0.2) is 0 Å². The first-order valence-electron chi connectivity index (χ1n) is 7.81. The van der Waals surface area contributed by atoms with Crippen LogP contribution in [0.15, 0.2) is 41.8 Å². The van der Waals surface area contributed by atoms with Crippen LogP contribution in [0, 0.1) is 11.3 Å². The van der Waals surface area contributed by atoms with Gasteiger partial charge in [-0.3, -0.25) is 9.59 Å². The molecule has 0 unspecified atom stereocenters. The van der Waals surface area contributed by atoms with Crippen molar-refractivity contribution in [2.24, 2.45) is 0 Å². The number of nitrogens with zero attached hydrogens (tertiary/aromatic N) is 2. The van der Waals surface area contributed by atoms with E-state index in [1.165, 1.54) is 11.3 Å². The zero-order valence-electron chi connectivity index (χ0n) is 13.1. The first-order valence-corrected chi connectivity index (χ1v) is 8.69. The third kappa shape index (κ3) is 3.63. The standard InChI is InChI=1S/C18H17N3O2S/c19-12-13-3-1-4-14(11-13)17(22)20-15-6-8-21(9-7-15)18(23)16-5-2-10-24-16/h1-5,10-11,15H,6-9H2,(H,20,22). The predicted molar refractivity (Wildman–Crippen MR) is 91.9 cm³/mol. The van der Waals surface area contributed by atoms with E-state index in [-0.39, 0.29) is 17.9 Å². The van der Waals surface area contributed by atoms with E-state index in [9.17, 15) is 9.59 Å². The van der Waals surface area contributed by atoms with Crippen LogP contribution in [0.1, 0.15) is 38.4 Å². The second-order valence-corrected chi connectivity index (χ2v) is 6.66. The molecule has 0 bridgehead atoms. The van der Waals surface area contributed by atoms with Crippen molar-refractivity contribution >= 4 is 23.2 Å². The van der Waals surface area contributed by atoms with Crippen LogP contribution in [0.2, 0.25) is 0 Å². The number of nitriles is 1. The lowest BCUT2D eigenvalue weighted by Crippen LogP contribution is -2.46. The minimum Gasteiger partial charge on any atom is -0.349 e. The van der Waals surface area contributed by atoms with Crippen molar-refractivity contribution in [2.75, 3.05) is 13.1 Å². The molecule has 0 aliphatic carbocycles. The summed E-state index contributed by atoms with van der Waals surface area (Å²) in [6.45, 7) is 1.28. The number of nitrogens with one attached hydrogen (secondary N) is 1. The van der Waals surface area contributed by atoms with Gasteiger partial charge in [-0.2, -0.15) is 5.26 Å². The molecule has 1 aliphatic heterocycles. The van der Waals surface area contributed by atoms with E-state index < -0.39 is 0 Å². The molecule has 5 nitrogen and oxygen atoms in total. The van der Waals surface area contributed by atoms with Gasteiger partial charge in [0.2, 0.25) is 0 Å². The predicted octanol–water partition coefficient (Wildman–Crippen LogP) is 2.65. The molecule has 2 heterocycles. The Labute approximate surface area is 144 Å². The highest BCUT2D eigenvalue weighted by Gasteiger charge is 2.25. The summed E-state index contributed by atoms with van der Waals surface area (Å²) in [5.41, 5.74) is 0.963. The molecule has 0 saturated carbocycles. The molecule has 2 aromatic rings. The van der Waals surface area contributed by atoms with Gasteiger partial charge >= 0.3 is 0 Å². The number of likely N-dealkylation sites (tertiary alicyclic amines) is 1. The number of thiophene rings is 1. The fraction of sp³-hybridized carbons (Fsp3) is 0.278. The maximum atomic E-state index is 12.3. The Morgan fingerprint density at radius 1 is 1.21 bits per heavy atom. The molecule has 1 N–H and O–H groups in total. The lowest BCUT2D eigenvalue weighted by atomic mass is 10.0. The molecule has 0 radical (unpaired) electrons. The smallest absolute Gasteiger partial charge is 0.263 e. The van der Waals surface area contributed by atoms with Crippen molar-refractivity contribution in [1.29, 1.82) is 5.26 Å². The first-order chi connectivity index (χ1) is 11.7. The van der Waals surface area contributed by atoms with Crippen molar-refractivity contribution < 1.29 is 9.59 Å². The van der Waals surface area contributed by atoms with Gasteiger partial charge in [0.05, 0.1) is 16.5 Å². The van der Waals surface area contributed by atoms with Crippen molar-refractivity contribution in [3.63, 3.8) is 0 Å². The molecular weight excluding hydrogens is 322 g/mol. The number of hydrogen-bond acceptors (Lipinski definition) is 4. The molecule has 3 rings (SSSR count). The number of hydrogen-bond donors (Lipinski definition) is 1. The lowest BCUT2D eigenvalue weighted by Gasteiger charge is -2.32. The first kappa shape index (κ1) is 16.2. The number of amides is 2. The molecular formula is C18H17N3O2S. The highest BCUT2D eigenvalue weighted by Crippen LogP contribution is 2.17. The maximum absolute atomic E-state index is 12.3. The van der Waals surface area contributed by atoms with Crippen molar-refractivity contribution in [1.82, 2.24) is 10.2 Å². The molecule has 1 aromatic carbocycles. The van der Waals surface area contributed by atoms with E-state index in [0.717, 1.165) is 17.7 Å². The number of piperidine rings is 1. The molecule has 6 heteroatoms. The zero-order chi connectivity index (χ0) is 16.9. The van der Waals surface area contributed by atoms with Gasteiger partial charge in [0, 0.05) is 24.7 Å². The van der Waals surface area contributed by atoms with Gasteiger partial charge in [-0.1, -0.05) is 12.1 Å². The normalized spacial score (nSPS) is 14.9. The highest BCUT2D eigenvalue weighted by molar-refractivity contribution is 7.12. The molecule has 24 heavy (non-hydrogen) atoms. The Balaban J connectivity index is 1.54. The Morgan fingerprint density at radius 2 is 2.00 bits per heavy atom. The Kier molecular flexibility index (Phi) is 4.92. The molecule has 0 atom stereocenters. The highest BCUT2D eigenvalue weighted by atomic mass is 32.1. The fourth-order valence-corrected chi connectivity index (χ4v) is 3.47. The van der Waals surface area contributed by atoms with Gasteiger partial charge in [-0.15, -0.1) is 11.3 Å². The SMILES string of the molecule is N#Cc1cccc(C(=O)NC2CCN(C(=O)c3cccs3)CC2)c1. The molecule has 1 aliphatic rings. The monoisotopic (exact) mass is 339 g/mol. The molecule has 1 aromatic heterocycles. The number of benzene rings is 1. The average Bonchev–Trinajstić information content (AvgIpc) is 3.16. The van der Waals surface area contributed by atoms with Gasteiger partial charge in [0.1, 0.15) is 0 Å². The van der Waals surface area contributed by atoms with Crippen LogP contribution in [0.3, 0.4) is 0 Å². The summed E-state index contributed by atoms with van der Waals surface area (Å²) in [6.07, 6.45) is 1.47. The van der Waals surface area contributed by atoms with Crippen LogP contribution in [-0.2, 0) is 0 Å². The Morgan fingerprint density at radius 3 is 2.67 bits per heavy atom. The number of carbonyl (C=O) groups is 2. The van der Waals surface area contributed by atoms with Gasteiger partial charge < -0.3 is 10.2 Å². The largest absolute Gasteiger partial charge is 0.349 e. The van der Waals surface area contributed by atoms with Crippen LogP contribution in [-0.4, -0.2) is 35.8 Å². The van der Waals surface area contributed by atoms with Crippen LogP contribution in [0.4, 0.5) is 0 Å². The third-order valence-corrected chi connectivity index (χ3v) is 4.96. The topological polar surface area (TPSA) is 73.2 Å². The van der Waals surface area contributed by atoms with E-state index in [4.69, 9.17) is 5.26 Å². The number of rotatable bonds is 3. The maximum Gasteiger partial charge on any atom is 0.263 e. The summed E-state index contributed by atoms with van der Waals surface area (Å²) in [6, 6.07) is 12.5. The van der Waals surface area contributed by atoms with Crippen molar-refractivity contribution in [3.05, 3.63) is 57.8 Å². The van der Waals surface area contributed by atoms with E-state index in [1.54, 1.807) is 24.3 Å². The van der Waals surface area contributed by atoms with Gasteiger partial charge in [0.15, 0.2) is 0 Å².